The Hall–Kier alpha value is -8.82. The van der Waals surface area contributed by atoms with E-state index in [1.807, 2.05) is 53.8 Å². The van der Waals surface area contributed by atoms with Gasteiger partial charge >= 0.3 is 18.0 Å². The number of benzene rings is 4. The fraction of sp³-hybridized carbons (Fsp3) is 0.306. The van der Waals surface area contributed by atoms with Gasteiger partial charge in [0.15, 0.2) is 5.96 Å². The summed E-state index contributed by atoms with van der Waals surface area (Å²) in [6.45, 7) is -2.03. The van der Waals surface area contributed by atoms with E-state index in [9.17, 15) is 48.3 Å². The van der Waals surface area contributed by atoms with Crippen LogP contribution in [0.5, 0.6) is 0 Å². The lowest BCUT2D eigenvalue weighted by Gasteiger charge is -2.24. The summed E-state index contributed by atoms with van der Waals surface area (Å²) < 4.78 is 5.76. The number of ether oxygens (including phenoxy) is 1. The van der Waals surface area contributed by atoms with E-state index >= 15 is 0 Å². The fourth-order valence-electron chi connectivity index (χ4n) is 7.63. The van der Waals surface area contributed by atoms with Crippen molar-refractivity contribution in [2.75, 3.05) is 32.8 Å². The number of guanidine groups is 1. The molecule has 22 nitrogen and oxygen atoms in total. The number of rotatable bonds is 26. The molecular formula is C49H56N10O12. The van der Waals surface area contributed by atoms with Gasteiger partial charge in [-0.15, -0.1) is 0 Å². The minimum Gasteiger partial charge on any atom is -0.481 e. The largest absolute Gasteiger partial charge is 0.481 e. The van der Waals surface area contributed by atoms with E-state index in [4.69, 9.17) is 21.3 Å². The van der Waals surface area contributed by atoms with Crippen LogP contribution in [0.4, 0.5) is 4.79 Å². The number of carboxylic acid groups (broad SMARTS) is 2. The van der Waals surface area contributed by atoms with Gasteiger partial charge < -0.3 is 63.6 Å². The third-order valence-corrected chi connectivity index (χ3v) is 11.1. The minimum absolute atomic E-state index is 0.00426. The molecule has 71 heavy (non-hydrogen) atoms. The normalized spacial score (nSPS) is 13.0. The van der Waals surface area contributed by atoms with Crippen LogP contribution in [0.3, 0.4) is 0 Å². The first-order valence-electron chi connectivity index (χ1n) is 22.5. The van der Waals surface area contributed by atoms with Gasteiger partial charge in [-0.05, 0) is 46.2 Å². The molecule has 22 heteroatoms. The van der Waals surface area contributed by atoms with Crippen molar-refractivity contribution in [2.45, 2.75) is 62.2 Å². The Morgan fingerprint density at radius 3 is 1.56 bits per heavy atom. The number of fused-ring (bicyclic) bond motifs is 3. The number of carbonyl (C=O) groups is 9. The zero-order valence-corrected chi connectivity index (χ0v) is 38.4. The first kappa shape index (κ1) is 53.1. The number of nitrogens with zero attached hydrogens (tertiary/aromatic N) is 1. The lowest BCUT2D eigenvalue weighted by atomic mass is 9.98. The molecule has 4 atom stereocenters. The second-order valence-corrected chi connectivity index (χ2v) is 16.3. The highest BCUT2D eigenvalue weighted by Gasteiger charge is 2.32. The summed E-state index contributed by atoms with van der Waals surface area (Å²) in [6, 6.07) is 27.9. The van der Waals surface area contributed by atoms with Crippen LogP contribution in [0.15, 0.2) is 114 Å². The summed E-state index contributed by atoms with van der Waals surface area (Å²) >= 11 is 0. The molecule has 0 heterocycles. The van der Waals surface area contributed by atoms with Crippen LogP contribution in [0.25, 0.3) is 11.1 Å². The Morgan fingerprint density at radius 1 is 0.549 bits per heavy atom. The number of hydrogen-bond donors (Lipinski definition) is 11. The van der Waals surface area contributed by atoms with E-state index in [1.165, 1.54) is 0 Å². The SMILES string of the molecule is NC(N)=NCCC[C@H](NC(=O)CNC(=O)CNC(=O)[C@H](Cc1ccccc1)NC(=O)[C@H](Cc1ccccc1)NC(=O)OCC1c2ccccc2-c2ccccc21)C(=O)NCC(=O)N[C@@H](CC(=O)O)C(=O)O. The number of aliphatic imine (C=N–C) groups is 1. The molecule has 13 N–H and O–H groups in total. The molecule has 4 aromatic rings. The maximum absolute atomic E-state index is 14.1. The molecule has 0 aromatic heterocycles. The molecule has 7 amide bonds. The first-order chi connectivity index (χ1) is 34.1. The predicted octanol–water partition coefficient (Wildman–Crippen LogP) is -0.205. The lowest BCUT2D eigenvalue weighted by Crippen LogP contribution is -2.56. The Bertz CT molecular complexity index is 2530. The van der Waals surface area contributed by atoms with Gasteiger partial charge in [-0.25, -0.2) is 9.59 Å². The number of aliphatic carboxylic acids is 2. The molecule has 4 aromatic carbocycles. The van der Waals surface area contributed by atoms with Gasteiger partial charge in [0.05, 0.1) is 26.1 Å². The van der Waals surface area contributed by atoms with Crippen molar-refractivity contribution in [3.8, 4) is 11.1 Å². The smallest absolute Gasteiger partial charge is 0.407 e. The lowest BCUT2D eigenvalue weighted by molar-refractivity contribution is -0.147. The van der Waals surface area contributed by atoms with E-state index in [1.54, 1.807) is 60.7 Å². The Labute approximate surface area is 407 Å². The Kier molecular flexibility index (Phi) is 19.9. The number of amides is 7. The molecule has 0 saturated carbocycles. The van der Waals surface area contributed by atoms with E-state index in [2.05, 4.69) is 36.9 Å². The van der Waals surface area contributed by atoms with Crippen LogP contribution in [-0.4, -0.2) is 127 Å². The maximum atomic E-state index is 14.1. The van der Waals surface area contributed by atoms with Crippen molar-refractivity contribution in [3.05, 3.63) is 131 Å². The number of hydrogen-bond acceptors (Lipinski definition) is 11. The van der Waals surface area contributed by atoms with Gasteiger partial charge in [-0.3, -0.25) is 38.6 Å². The van der Waals surface area contributed by atoms with Gasteiger partial charge in [0, 0.05) is 25.3 Å². The zero-order chi connectivity index (χ0) is 51.3. The van der Waals surface area contributed by atoms with Crippen molar-refractivity contribution in [3.63, 3.8) is 0 Å². The highest BCUT2D eigenvalue weighted by atomic mass is 16.5. The third-order valence-electron chi connectivity index (χ3n) is 11.1. The van der Waals surface area contributed by atoms with Gasteiger partial charge in [0.1, 0.15) is 30.8 Å². The van der Waals surface area contributed by atoms with Crippen LogP contribution in [0, 0.1) is 0 Å². The number of nitrogens with one attached hydrogen (secondary N) is 7. The molecule has 374 valence electrons. The summed E-state index contributed by atoms with van der Waals surface area (Å²) in [5.41, 5.74) is 16.2. The Morgan fingerprint density at radius 2 is 1.03 bits per heavy atom. The Balaban J connectivity index is 1.18. The first-order valence-corrected chi connectivity index (χ1v) is 22.5. The van der Waals surface area contributed by atoms with E-state index < -0.39 is 104 Å². The van der Waals surface area contributed by atoms with Crippen LogP contribution < -0.4 is 48.7 Å². The monoisotopic (exact) mass is 976 g/mol. The molecule has 0 saturated heterocycles. The predicted molar refractivity (Wildman–Crippen MR) is 257 cm³/mol. The van der Waals surface area contributed by atoms with Crippen LogP contribution in [0.2, 0.25) is 0 Å². The van der Waals surface area contributed by atoms with E-state index in [0.717, 1.165) is 22.3 Å². The minimum atomic E-state index is -1.77. The molecular weight excluding hydrogens is 921 g/mol. The third kappa shape index (κ3) is 17.0. The standard InChI is InChI=1S/C49H56N10O12/c50-48(51)52-21-11-20-36(44(65)55-27-42(62)57-39(47(68)69)24-43(63)64)56-41(61)26-53-40(60)25-54-45(66)37(22-29-12-3-1-4-13-29)58-46(67)38(23-30-14-5-2-6-15-30)59-49(70)71-28-35-33-18-9-7-16-31(33)32-17-8-10-19-34(32)35/h1-10,12-19,35-39H,11,20-28H2,(H,53,60)(H,54,66)(H,55,65)(H,56,61)(H,57,62)(H,58,67)(H,59,70)(H,63,64)(H,68,69)(H4,50,51,52)/t36-,37-,38-,39-/m0/s1. The summed E-state index contributed by atoms with van der Waals surface area (Å²) in [6.07, 6.45) is -1.63. The topological polar surface area (TPSA) is 352 Å². The average Bonchev–Trinajstić information content (AvgIpc) is 3.67. The molecule has 0 fully saturated rings. The van der Waals surface area contributed by atoms with E-state index in [0.29, 0.717) is 11.1 Å². The van der Waals surface area contributed by atoms with Crippen LogP contribution in [-0.2, 0) is 55.9 Å². The number of carboxylic acids is 2. The van der Waals surface area contributed by atoms with Gasteiger partial charge in [0.25, 0.3) is 0 Å². The molecule has 1 aliphatic carbocycles. The second kappa shape index (κ2) is 26.7. The maximum Gasteiger partial charge on any atom is 0.407 e. The van der Waals surface area contributed by atoms with Crippen LogP contribution >= 0.6 is 0 Å². The molecule has 0 unspecified atom stereocenters. The van der Waals surface area contributed by atoms with Crippen molar-refractivity contribution in [1.29, 1.82) is 0 Å². The quantitative estimate of drug-likeness (QED) is 0.0221. The molecule has 0 spiro atoms. The fourth-order valence-corrected chi connectivity index (χ4v) is 7.63. The summed E-state index contributed by atoms with van der Waals surface area (Å²) in [7, 11) is 0. The van der Waals surface area contributed by atoms with Crippen molar-refractivity contribution < 1.29 is 58.1 Å². The van der Waals surface area contributed by atoms with Crippen molar-refractivity contribution >= 4 is 59.4 Å². The van der Waals surface area contributed by atoms with Crippen molar-refractivity contribution in [1.82, 2.24) is 37.2 Å². The van der Waals surface area contributed by atoms with Gasteiger partial charge in [0.2, 0.25) is 35.4 Å². The van der Waals surface area contributed by atoms with Gasteiger partial charge in [-0.2, -0.15) is 0 Å². The number of alkyl carbamates (subject to hydrolysis) is 1. The summed E-state index contributed by atoms with van der Waals surface area (Å²) in [5.74, 6) is -8.60. The van der Waals surface area contributed by atoms with Crippen molar-refractivity contribution in [2.24, 2.45) is 16.5 Å². The van der Waals surface area contributed by atoms with Gasteiger partial charge in [-0.1, -0.05) is 109 Å². The molecule has 5 rings (SSSR count). The molecule has 0 radical (unpaired) electrons. The highest BCUT2D eigenvalue weighted by molar-refractivity contribution is 5.95. The second-order valence-electron chi connectivity index (χ2n) is 16.3. The average molecular weight is 977 g/mol. The molecule has 1 aliphatic rings. The molecule has 0 bridgehead atoms. The number of carbonyl (C=O) groups excluding carboxylic acids is 7. The van der Waals surface area contributed by atoms with E-state index in [-0.39, 0.29) is 50.7 Å². The zero-order valence-electron chi connectivity index (χ0n) is 38.4. The highest BCUT2D eigenvalue weighted by Crippen LogP contribution is 2.44. The summed E-state index contributed by atoms with van der Waals surface area (Å²) in [5, 5.41) is 35.0. The molecule has 0 aliphatic heterocycles. The number of nitrogens with two attached hydrogens (primary N) is 2. The summed E-state index contributed by atoms with van der Waals surface area (Å²) in [4.78, 5) is 119. The van der Waals surface area contributed by atoms with Crippen LogP contribution in [0.1, 0.15) is 47.4 Å².